The van der Waals surface area contributed by atoms with E-state index in [4.69, 9.17) is 0 Å². The molecule has 0 spiro atoms. The van der Waals surface area contributed by atoms with Crippen LogP contribution in [0, 0.1) is 11.3 Å². The second-order valence-electron chi connectivity index (χ2n) is 7.17. The minimum Gasteiger partial charge on any atom is -0.480 e. The Balaban J connectivity index is 2.14. The summed E-state index contributed by atoms with van der Waals surface area (Å²) in [6, 6.07) is 0.421. The Kier molecular flexibility index (Phi) is 3.72. The van der Waals surface area contributed by atoms with Crippen LogP contribution >= 0.6 is 0 Å². The zero-order valence-electron chi connectivity index (χ0n) is 12.0. The summed E-state index contributed by atoms with van der Waals surface area (Å²) in [7, 11) is 0. The average molecular weight is 253 g/mol. The lowest BCUT2D eigenvalue weighted by Crippen LogP contribution is -2.62. The normalized spacial score (nSPS) is 36.7. The molecule has 0 heterocycles. The lowest BCUT2D eigenvalue weighted by atomic mass is 9.63. The van der Waals surface area contributed by atoms with E-state index < -0.39 is 11.5 Å². The number of aliphatic carboxylic acids is 1. The van der Waals surface area contributed by atoms with Crippen molar-refractivity contribution < 1.29 is 9.90 Å². The van der Waals surface area contributed by atoms with Gasteiger partial charge >= 0.3 is 5.97 Å². The van der Waals surface area contributed by atoms with E-state index in [1.54, 1.807) is 0 Å². The Morgan fingerprint density at radius 1 is 1.22 bits per heavy atom. The van der Waals surface area contributed by atoms with E-state index in [1.807, 2.05) is 0 Å². The molecule has 2 unspecified atom stereocenters. The molecular weight excluding hydrogens is 226 g/mol. The van der Waals surface area contributed by atoms with Crippen LogP contribution in [0.4, 0.5) is 0 Å². The highest BCUT2D eigenvalue weighted by atomic mass is 16.4. The Hall–Kier alpha value is -0.570. The van der Waals surface area contributed by atoms with Crippen molar-refractivity contribution in [1.82, 2.24) is 5.32 Å². The molecule has 0 saturated heterocycles. The van der Waals surface area contributed by atoms with Gasteiger partial charge in [-0.1, -0.05) is 33.6 Å². The highest BCUT2D eigenvalue weighted by molar-refractivity contribution is 5.79. The number of carboxylic acids is 1. The van der Waals surface area contributed by atoms with Crippen LogP contribution in [-0.2, 0) is 4.79 Å². The van der Waals surface area contributed by atoms with Gasteiger partial charge in [-0.3, -0.25) is 10.1 Å². The van der Waals surface area contributed by atoms with Crippen molar-refractivity contribution in [2.75, 3.05) is 0 Å². The monoisotopic (exact) mass is 253 g/mol. The third-order valence-electron chi connectivity index (χ3n) is 5.09. The number of rotatable bonds is 3. The Bertz CT molecular complexity index is 320. The lowest BCUT2D eigenvalue weighted by molar-refractivity contribution is -0.151. The highest BCUT2D eigenvalue weighted by Gasteiger charge is 2.50. The van der Waals surface area contributed by atoms with Crippen LogP contribution in [0.2, 0.25) is 0 Å². The summed E-state index contributed by atoms with van der Waals surface area (Å²) in [4.78, 5) is 11.8. The maximum absolute atomic E-state index is 11.8. The van der Waals surface area contributed by atoms with Gasteiger partial charge in [-0.15, -0.1) is 0 Å². The van der Waals surface area contributed by atoms with Crippen molar-refractivity contribution in [1.29, 1.82) is 0 Å². The maximum Gasteiger partial charge on any atom is 0.324 e. The van der Waals surface area contributed by atoms with Crippen LogP contribution in [0.5, 0.6) is 0 Å². The number of hydrogen-bond donors (Lipinski definition) is 2. The molecular formula is C15H27NO2. The average Bonchev–Trinajstić information content (AvgIpc) is 2.74. The first kappa shape index (κ1) is 13.9. The zero-order valence-corrected chi connectivity index (χ0v) is 12.0. The summed E-state index contributed by atoms with van der Waals surface area (Å²) in [5.74, 6) is -0.434. The molecule has 0 aromatic carbocycles. The van der Waals surface area contributed by atoms with Gasteiger partial charge in [0.15, 0.2) is 0 Å². The van der Waals surface area contributed by atoms with E-state index in [1.165, 1.54) is 12.8 Å². The SMILES string of the molecule is CC1CC(C)(C)CCC1(NC1CCCC1)C(=O)O. The Morgan fingerprint density at radius 3 is 2.33 bits per heavy atom. The van der Waals surface area contributed by atoms with Crippen molar-refractivity contribution in [2.45, 2.75) is 77.3 Å². The van der Waals surface area contributed by atoms with Crippen LogP contribution in [0.25, 0.3) is 0 Å². The first-order chi connectivity index (χ1) is 8.36. The number of carbonyl (C=O) groups is 1. The molecule has 2 aliphatic carbocycles. The van der Waals surface area contributed by atoms with E-state index in [9.17, 15) is 9.90 Å². The van der Waals surface area contributed by atoms with E-state index in [0.717, 1.165) is 32.1 Å². The van der Waals surface area contributed by atoms with E-state index >= 15 is 0 Å². The second-order valence-corrected chi connectivity index (χ2v) is 7.17. The van der Waals surface area contributed by atoms with Gasteiger partial charge < -0.3 is 5.11 Å². The predicted octanol–water partition coefficient (Wildman–Crippen LogP) is 3.19. The van der Waals surface area contributed by atoms with Crippen LogP contribution in [-0.4, -0.2) is 22.7 Å². The molecule has 2 aliphatic rings. The van der Waals surface area contributed by atoms with Gasteiger partial charge in [-0.2, -0.15) is 0 Å². The Morgan fingerprint density at radius 2 is 1.83 bits per heavy atom. The molecule has 3 heteroatoms. The summed E-state index contributed by atoms with van der Waals surface area (Å²) in [6.45, 7) is 6.62. The van der Waals surface area contributed by atoms with Crippen LogP contribution in [0.15, 0.2) is 0 Å². The molecule has 0 aromatic rings. The molecule has 0 aliphatic heterocycles. The van der Waals surface area contributed by atoms with Crippen molar-refractivity contribution in [3.05, 3.63) is 0 Å². The third kappa shape index (κ3) is 2.56. The van der Waals surface area contributed by atoms with Gasteiger partial charge in [0, 0.05) is 6.04 Å². The molecule has 18 heavy (non-hydrogen) atoms. The van der Waals surface area contributed by atoms with Crippen LogP contribution in [0.3, 0.4) is 0 Å². The first-order valence-corrected chi connectivity index (χ1v) is 7.37. The number of nitrogens with one attached hydrogen (secondary N) is 1. The fourth-order valence-corrected chi connectivity index (χ4v) is 3.92. The van der Waals surface area contributed by atoms with Gasteiger partial charge in [0.05, 0.1) is 0 Å². The van der Waals surface area contributed by atoms with Crippen molar-refractivity contribution in [3.63, 3.8) is 0 Å². The number of hydrogen-bond acceptors (Lipinski definition) is 2. The third-order valence-corrected chi connectivity index (χ3v) is 5.09. The Labute approximate surface area is 110 Å². The van der Waals surface area contributed by atoms with Crippen molar-refractivity contribution >= 4 is 5.97 Å². The largest absolute Gasteiger partial charge is 0.480 e. The standard InChI is InChI=1S/C15H27NO2/c1-11-10-14(2,3)8-9-15(11,13(17)18)16-12-6-4-5-7-12/h11-12,16H,4-10H2,1-3H3,(H,17,18). The lowest BCUT2D eigenvalue weighted by Gasteiger charge is -2.47. The predicted molar refractivity (Wildman–Crippen MR) is 72.6 cm³/mol. The van der Waals surface area contributed by atoms with Gasteiger partial charge in [0.1, 0.15) is 5.54 Å². The van der Waals surface area contributed by atoms with Gasteiger partial charge in [-0.05, 0) is 43.4 Å². The molecule has 2 N–H and O–H groups in total. The van der Waals surface area contributed by atoms with E-state index in [2.05, 4.69) is 26.1 Å². The fraction of sp³-hybridized carbons (Fsp3) is 0.933. The van der Waals surface area contributed by atoms with Crippen LogP contribution < -0.4 is 5.32 Å². The molecule has 0 aromatic heterocycles. The summed E-state index contributed by atoms with van der Waals surface area (Å²) in [5, 5.41) is 13.2. The van der Waals surface area contributed by atoms with E-state index in [0.29, 0.717) is 6.04 Å². The quantitative estimate of drug-likeness (QED) is 0.812. The smallest absolute Gasteiger partial charge is 0.324 e. The molecule has 104 valence electrons. The van der Waals surface area contributed by atoms with Gasteiger partial charge in [0.2, 0.25) is 0 Å². The molecule has 0 amide bonds. The zero-order chi connectivity index (χ0) is 13.4. The number of carboxylic acid groups (broad SMARTS) is 1. The molecule has 2 atom stereocenters. The second kappa shape index (κ2) is 4.84. The highest BCUT2D eigenvalue weighted by Crippen LogP contribution is 2.44. The summed E-state index contributed by atoms with van der Waals surface area (Å²) < 4.78 is 0. The molecule has 0 radical (unpaired) electrons. The minimum atomic E-state index is -0.676. The van der Waals surface area contributed by atoms with Crippen molar-refractivity contribution in [3.8, 4) is 0 Å². The minimum absolute atomic E-state index is 0.208. The fourth-order valence-electron chi connectivity index (χ4n) is 3.92. The maximum atomic E-state index is 11.8. The molecule has 2 rings (SSSR count). The summed E-state index contributed by atoms with van der Waals surface area (Å²) >= 11 is 0. The van der Waals surface area contributed by atoms with Crippen molar-refractivity contribution in [2.24, 2.45) is 11.3 Å². The topological polar surface area (TPSA) is 49.3 Å². The summed E-state index contributed by atoms with van der Waals surface area (Å²) in [6.07, 6.45) is 7.55. The molecule has 2 saturated carbocycles. The van der Waals surface area contributed by atoms with E-state index in [-0.39, 0.29) is 11.3 Å². The molecule has 3 nitrogen and oxygen atoms in total. The molecule has 0 bridgehead atoms. The van der Waals surface area contributed by atoms with Gasteiger partial charge in [-0.25, -0.2) is 0 Å². The summed E-state index contributed by atoms with van der Waals surface area (Å²) in [5.41, 5.74) is -0.389. The van der Waals surface area contributed by atoms with Gasteiger partial charge in [0.25, 0.3) is 0 Å². The van der Waals surface area contributed by atoms with Crippen LogP contribution in [0.1, 0.15) is 65.7 Å². The first-order valence-electron chi connectivity index (χ1n) is 7.37. The molecule has 2 fully saturated rings.